The highest BCUT2D eigenvalue weighted by Crippen LogP contribution is 2.33. The smallest absolute Gasteiger partial charge is 0.272 e. The fourth-order valence-corrected chi connectivity index (χ4v) is 5.21. The number of carbonyl (C=O) groups is 1. The molecule has 0 atom stereocenters. The van der Waals surface area contributed by atoms with E-state index in [4.69, 9.17) is 11.6 Å². The zero-order valence-corrected chi connectivity index (χ0v) is 17.6. The molecule has 1 aromatic heterocycles. The molecule has 0 radical (unpaired) electrons. The SMILES string of the molecule is Cc1ccc(NC(=O)c2cc(S(=O)(=O)N3CCc4ccccc43)cn2C)cc1Cl. The third kappa shape index (κ3) is 3.52. The van der Waals surface area contributed by atoms with Crippen molar-refractivity contribution in [2.24, 2.45) is 7.05 Å². The summed E-state index contributed by atoms with van der Waals surface area (Å²) in [5.41, 5.74) is 3.39. The first-order chi connectivity index (χ1) is 13.8. The van der Waals surface area contributed by atoms with Crippen molar-refractivity contribution < 1.29 is 13.2 Å². The van der Waals surface area contributed by atoms with Crippen LogP contribution >= 0.6 is 11.6 Å². The summed E-state index contributed by atoms with van der Waals surface area (Å²) in [6.07, 6.45) is 2.14. The summed E-state index contributed by atoms with van der Waals surface area (Å²) >= 11 is 6.11. The minimum absolute atomic E-state index is 0.0868. The Kier molecular flexibility index (Phi) is 4.88. The van der Waals surface area contributed by atoms with Gasteiger partial charge in [-0.1, -0.05) is 35.9 Å². The molecule has 0 bridgehead atoms. The van der Waals surface area contributed by atoms with E-state index in [0.717, 1.165) is 11.1 Å². The van der Waals surface area contributed by atoms with Crippen molar-refractivity contribution >= 4 is 38.9 Å². The molecule has 29 heavy (non-hydrogen) atoms. The number of benzene rings is 2. The summed E-state index contributed by atoms with van der Waals surface area (Å²) in [6, 6.07) is 14.1. The maximum Gasteiger partial charge on any atom is 0.272 e. The lowest BCUT2D eigenvalue weighted by Gasteiger charge is -2.18. The number of sulfonamides is 1. The standard InChI is InChI=1S/C21H20ClN3O3S/c1-14-7-8-16(11-18(14)22)23-21(26)20-12-17(13-24(20)2)29(27,28)25-10-9-15-5-3-4-6-19(15)25/h3-8,11-13H,9-10H2,1-2H3,(H,23,26). The van der Waals surface area contributed by atoms with Crippen LogP contribution in [0.3, 0.4) is 0 Å². The summed E-state index contributed by atoms with van der Waals surface area (Å²) in [6.45, 7) is 2.26. The Morgan fingerprint density at radius 2 is 1.90 bits per heavy atom. The highest BCUT2D eigenvalue weighted by Gasteiger charge is 2.32. The second-order valence-corrected chi connectivity index (χ2v) is 9.32. The molecule has 8 heteroatoms. The molecule has 2 aromatic carbocycles. The molecule has 1 amide bonds. The van der Waals surface area contributed by atoms with Crippen molar-refractivity contribution in [1.82, 2.24) is 4.57 Å². The van der Waals surface area contributed by atoms with Crippen molar-refractivity contribution in [3.8, 4) is 0 Å². The predicted octanol–water partition coefficient (Wildman–Crippen LogP) is 3.99. The van der Waals surface area contributed by atoms with Gasteiger partial charge in [-0.05, 0) is 48.7 Å². The van der Waals surface area contributed by atoms with E-state index in [1.54, 1.807) is 25.2 Å². The van der Waals surface area contributed by atoms with E-state index >= 15 is 0 Å². The third-order valence-electron chi connectivity index (χ3n) is 5.07. The second-order valence-electron chi connectivity index (χ2n) is 7.05. The zero-order chi connectivity index (χ0) is 20.8. The average molecular weight is 430 g/mol. The Labute approximate surface area is 174 Å². The number of hydrogen-bond acceptors (Lipinski definition) is 3. The number of amides is 1. The van der Waals surface area contributed by atoms with Crippen LogP contribution in [-0.4, -0.2) is 25.4 Å². The molecule has 150 valence electrons. The normalized spacial score (nSPS) is 13.4. The Balaban J connectivity index is 1.62. The monoisotopic (exact) mass is 429 g/mol. The predicted molar refractivity (Wildman–Crippen MR) is 114 cm³/mol. The number of halogens is 1. The molecular formula is C21H20ClN3O3S. The van der Waals surface area contributed by atoms with Crippen LogP contribution in [0.25, 0.3) is 0 Å². The first kappa shape index (κ1) is 19.5. The lowest BCUT2D eigenvalue weighted by Crippen LogP contribution is -2.28. The quantitative estimate of drug-likeness (QED) is 0.681. The van der Waals surface area contributed by atoms with E-state index in [2.05, 4.69) is 5.32 Å². The van der Waals surface area contributed by atoms with Crippen LogP contribution in [-0.2, 0) is 23.5 Å². The molecule has 0 fully saturated rings. The van der Waals surface area contributed by atoms with Crippen LogP contribution in [0.15, 0.2) is 59.6 Å². The molecule has 1 aliphatic heterocycles. The van der Waals surface area contributed by atoms with Gasteiger partial charge in [0.1, 0.15) is 10.6 Å². The van der Waals surface area contributed by atoms with Gasteiger partial charge in [0.15, 0.2) is 0 Å². The maximum atomic E-state index is 13.2. The molecule has 3 aromatic rings. The molecule has 6 nitrogen and oxygen atoms in total. The number of para-hydroxylation sites is 1. The fourth-order valence-electron chi connectivity index (χ4n) is 3.45. The largest absolute Gasteiger partial charge is 0.345 e. The maximum absolute atomic E-state index is 13.2. The van der Waals surface area contributed by atoms with E-state index in [1.807, 2.05) is 31.2 Å². The molecule has 1 aliphatic rings. The van der Waals surface area contributed by atoms with E-state index in [9.17, 15) is 13.2 Å². The van der Waals surface area contributed by atoms with Gasteiger partial charge in [-0.15, -0.1) is 0 Å². The van der Waals surface area contributed by atoms with Crippen molar-refractivity contribution in [2.75, 3.05) is 16.2 Å². The number of fused-ring (bicyclic) bond motifs is 1. The van der Waals surface area contributed by atoms with Gasteiger partial charge >= 0.3 is 0 Å². The van der Waals surface area contributed by atoms with Crippen molar-refractivity contribution in [2.45, 2.75) is 18.2 Å². The lowest BCUT2D eigenvalue weighted by molar-refractivity contribution is 0.101. The number of rotatable bonds is 4. The Hall–Kier alpha value is -2.77. The average Bonchev–Trinajstić information content (AvgIpc) is 3.29. The molecule has 0 saturated heterocycles. The highest BCUT2D eigenvalue weighted by molar-refractivity contribution is 7.92. The van der Waals surface area contributed by atoms with Gasteiger partial charge in [-0.3, -0.25) is 9.10 Å². The first-order valence-electron chi connectivity index (χ1n) is 9.12. The van der Waals surface area contributed by atoms with Gasteiger partial charge in [0, 0.05) is 30.5 Å². The number of nitrogens with zero attached hydrogens (tertiary/aromatic N) is 2. The first-order valence-corrected chi connectivity index (χ1v) is 10.9. The summed E-state index contributed by atoms with van der Waals surface area (Å²) in [5.74, 6) is -0.407. The minimum Gasteiger partial charge on any atom is -0.345 e. The summed E-state index contributed by atoms with van der Waals surface area (Å²) < 4.78 is 29.3. The molecule has 4 rings (SSSR count). The van der Waals surface area contributed by atoms with Gasteiger partial charge < -0.3 is 9.88 Å². The number of anilines is 2. The van der Waals surface area contributed by atoms with Gasteiger partial charge in [-0.25, -0.2) is 8.42 Å². The van der Waals surface area contributed by atoms with E-state index in [1.165, 1.54) is 21.1 Å². The minimum atomic E-state index is -3.76. The van der Waals surface area contributed by atoms with Crippen LogP contribution < -0.4 is 9.62 Å². The van der Waals surface area contributed by atoms with E-state index in [0.29, 0.717) is 29.4 Å². The highest BCUT2D eigenvalue weighted by atomic mass is 35.5. The Morgan fingerprint density at radius 1 is 1.14 bits per heavy atom. The van der Waals surface area contributed by atoms with Crippen LogP contribution in [0, 0.1) is 6.92 Å². The molecule has 0 aliphatic carbocycles. The van der Waals surface area contributed by atoms with Crippen molar-refractivity contribution in [3.05, 3.63) is 76.6 Å². The van der Waals surface area contributed by atoms with Crippen molar-refractivity contribution in [1.29, 1.82) is 0 Å². The lowest BCUT2D eigenvalue weighted by atomic mass is 10.2. The summed E-state index contributed by atoms with van der Waals surface area (Å²) in [5, 5.41) is 3.31. The van der Waals surface area contributed by atoms with Crippen molar-refractivity contribution in [3.63, 3.8) is 0 Å². The van der Waals surface area contributed by atoms with Gasteiger partial charge in [-0.2, -0.15) is 0 Å². The number of hydrogen-bond donors (Lipinski definition) is 1. The molecule has 0 saturated carbocycles. The second kappa shape index (κ2) is 7.24. The topological polar surface area (TPSA) is 71.4 Å². The van der Waals surface area contributed by atoms with E-state index in [-0.39, 0.29) is 10.6 Å². The Bertz CT molecular complexity index is 1220. The third-order valence-corrected chi connectivity index (χ3v) is 7.26. The zero-order valence-electron chi connectivity index (χ0n) is 16.0. The number of nitrogens with one attached hydrogen (secondary N) is 1. The number of aromatic nitrogens is 1. The molecule has 2 heterocycles. The Morgan fingerprint density at radius 3 is 2.66 bits per heavy atom. The van der Waals surface area contributed by atoms with Gasteiger partial charge in [0.2, 0.25) is 0 Å². The van der Waals surface area contributed by atoms with E-state index < -0.39 is 15.9 Å². The molecular weight excluding hydrogens is 410 g/mol. The van der Waals surface area contributed by atoms with Crippen LogP contribution in [0.4, 0.5) is 11.4 Å². The molecule has 0 spiro atoms. The number of carbonyl (C=O) groups excluding carboxylic acids is 1. The van der Waals surface area contributed by atoms with Crippen LogP contribution in [0.5, 0.6) is 0 Å². The van der Waals surface area contributed by atoms with Gasteiger partial charge in [0.05, 0.1) is 5.69 Å². The van der Waals surface area contributed by atoms with Crippen LogP contribution in [0.1, 0.15) is 21.6 Å². The number of aryl methyl sites for hydroxylation is 2. The van der Waals surface area contributed by atoms with Gasteiger partial charge in [0.25, 0.3) is 15.9 Å². The van der Waals surface area contributed by atoms with Crippen LogP contribution in [0.2, 0.25) is 5.02 Å². The summed E-state index contributed by atoms with van der Waals surface area (Å²) in [7, 11) is -2.11. The molecule has 1 N–H and O–H groups in total. The summed E-state index contributed by atoms with van der Waals surface area (Å²) in [4.78, 5) is 12.8. The fraction of sp³-hybridized carbons (Fsp3) is 0.190. The molecule has 0 unspecified atom stereocenters.